The van der Waals surface area contributed by atoms with E-state index in [1.807, 2.05) is 0 Å². The van der Waals surface area contributed by atoms with Gasteiger partial charge < -0.3 is 4.74 Å². The smallest absolute Gasteiger partial charge is 0.305 e. The molecule has 15 heavy (non-hydrogen) atoms. The average molecular weight is 210 g/mol. The van der Waals surface area contributed by atoms with E-state index in [1.54, 1.807) is 0 Å². The van der Waals surface area contributed by atoms with Gasteiger partial charge in [-0.1, -0.05) is 31.8 Å². The number of ether oxygens (including phenoxy) is 1. The molecule has 0 N–H and O–H groups in total. The quantitative estimate of drug-likeness (QED) is 0.403. The summed E-state index contributed by atoms with van der Waals surface area (Å²) in [6.07, 6.45) is 11.1. The van der Waals surface area contributed by atoms with Crippen LogP contribution < -0.4 is 0 Å². The number of methoxy groups -OCH3 is 1. The highest BCUT2D eigenvalue weighted by atomic mass is 16.5. The Balaban J connectivity index is 2.50. The van der Waals surface area contributed by atoms with Crippen molar-refractivity contribution in [3.8, 4) is 0 Å². The van der Waals surface area contributed by atoms with E-state index in [4.69, 9.17) is 0 Å². The Morgan fingerprint density at radius 1 is 1.33 bits per heavy atom. The fourth-order valence-electron chi connectivity index (χ4n) is 2.44. The van der Waals surface area contributed by atoms with E-state index in [9.17, 15) is 4.79 Å². The van der Waals surface area contributed by atoms with Crippen LogP contribution in [0.2, 0.25) is 0 Å². The van der Waals surface area contributed by atoms with Gasteiger partial charge in [0.25, 0.3) is 0 Å². The lowest BCUT2D eigenvalue weighted by atomic mass is 9.77. The molecule has 0 aromatic heterocycles. The summed E-state index contributed by atoms with van der Waals surface area (Å²) in [6.45, 7) is 3.95. The van der Waals surface area contributed by atoms with Crippen molar-refractivity contribution in [2.75, 3.05) is 7.11 Å². The summed E-state index contributed by atoms with van der Waals surface area (Å²) in [5.74, 6) is -0.0968. The summed E-state index contributed by atoms with van der Waals surface area (Å²) < 4.78 is 4.69. The number of hydrogen-bond donors (Lipinski definition) is 0. The van der Waals surface area contributed by atoms with Crippen molar-refractivity contribution in [1.29, 1.82) is 0 Å². The molecule has 0 saturated heterocycles. The second-order valence-electron chi connectivity index (χ2n) is 4.56. The molecule has 0 unspecified atom stereocenters. The first-order valence-corrected chi connectivity index (χ1v) is 5.93. The zero-order valence-corrected chi connectivity index (χ0v) is 9.76. The molecule has 2 heteroatoms. The maximum absolute atomic E-state index is 11.1. The molecule has 0 amide bonds. The number of hydrogen-bond acceptors (Lipinski definition) is 2. The van der Waals surface area contributed by atoms with Gasteiger partial charge in [0.05, 0.1) is 7.11 Å². The third-order valence-corrected chi connectivity index (χ3v) is 3.59. The fraction of sp³-hybridized carbons (Fsp3) is 0.769. The van der Waals surface area contributed by atoms with E-state index in [-0.39, 0.29) is 11.4 Å². The van der Waals surface area contributed by atoms with Crippen LogP contribution in [-0.2, 0) is 9.53 Å². The van der Waals surface area contributed by atoms with Crippen molar-refractivity contribution in [3.05, 3.63) is 12.7 Å². The van der Waals surface area contributed by atoms with E-state index < -0.39 is 0 Å². The second-order valence-corrected chi connectivity index (χ2v) is 4.56. The molecular formula is C13H22O2. The third-order valence-electron chi connectivity index (χ3n) is 3.59. The lowest BCUT2D eigenvalue weighted by Crippen LogP contribution is -2.18. The van der Waals surface area contributed by atoms with Gasteiger partial charge in [0.2, 0.25) is 0 Å². The Morgan fingerprint density at radius 3 is 2.40 bits per heavy atom. The first kappa shape index (κ1) is 12.3. The number of allylic oxidation sites excluding steroid dienone is 1. The normalized spacial score (nSPS) is 20.3. The van der Waals surface area contributed by atoms with Gasteiger partial charge in [0.15, 0.2) is 0 Å². The minimum Gasteiger partial charge on any atom is -0.469 e. The van der Waals surface area contributed by atoms with Crippen LogP contribution in [0.25, 0.3) is 0 Å². The predicted octanol–water partition coefficient (Wildman–Crippen LogP) is 3.47. The van der Waals surface area contributed by atoms with Gasteiger partial charge in [-0.05, 0) is 24.7 Å². The summed E-state index contributed by atoms with van der Waals surface area (Å²) in [4.78, 5) is 11.1. The van der Waals surface area contributed by atoms with E-state index in [0.717, 1.165) is 6.42 Å². The standard InChI is InChI=1S/C13H22O2/c1-3-13(11-8-12(14)15-2)9-6-4-5-7-10-13/h3H,1,4-11H2,2H3. The van der Waals surface area contributed by atoms with Crippen molar-refractivity contribution >= 4 is 5.97 Å². The van der Waals surface area contributed by atoms with Crippen LogP contribution in [0.1, 0.15) is 51.4 Å². The Bertz CT molecular complexity index is 213. The van der Waals surface area contributed by atoms with Crippen LogP contribution >= 0.6 is 0 Å². The Labute approximate surface area is 92.7 Å². The lowest BCUT2D eigenvalue weighted by Gasteiger charge is -2.28. The highest BCUT2D eigenvalue weighted by Gasteiger charge is 2.28. The maximum Gasteiger partial charge on any atom is 0.305 e. The van der Waals surface area contributed by atoms with Gasteiger partial charge in [-0.25, -0.2) is 0 Å². The topological polar surface area (TPSA) is 26.3 Å². The number of carbonyl (C=O) groups is 1. The van der Waals surface area contributed by atoms with Crippen LogP contribution in [-0.4, -0.2) is 13.1 Å². The largest absolute Gasteiger partial charge is 0.469 e. The van der Waals surface area contributed by atoms with Crippen LogP contribution in [0.15, 0.2) is 12.7 Å². The highest BCUT2D eigenvalue weighted by Crippen LogP contribution is 2.40. The van der Waals surface area contributed by atoms with Crippen molar-refractivity contribution < 1.29 is 9.53 Å². The molecule has 1 fully saturated rings. The molecule has 1 aliphatic carbocycles. The van der Waals surface area contributed by atoms with Gasteiger partial charge in [0, 0.05) is 6.42 Å². The third kappa shape index (κ3) is 3.69. The second kappa shape index (κ2) is 5.94. The Morgan fingerprint density at radius 2 is 1.93 bits per heavy atom. The van der Waals surface area contributed by atoms with Gasteiger partial charge in [-0.2, -0.15) is 0 Å². The molecule has 0 aromatic rings. The minimum absolute atomic E-state index is 0.0968. The molecule has 1 rings (SSSR count). The molecule has 0 atom stereocenters. The van der Waals surface area contributed by atoms with Gasteiger partial charge in [-0.15, -0.1) is 6.58 Å². The number of carbonyl (C=O) groups excluding carboxylic acids is 1. The number of rotatable bonds is 4. The predicted molar refractivity (Wildman–Crippen MR) is 61.6 cm³/mol. The molecular weight excluding hydrogens is 188 g/mol. The first-order valence-electron chi connectivity index (χ1n) is 5.93. The summed E-state index contributed by atoms with van der Waals surface area (Å²) >= 11 is 0. The van der Waals surface area contributed by atoms with Gasteiger partial charge >= 0.3 is 5.97 Å². The van der Waals surface area contributed by atoms with E-state index in [0.29, 0.717) is 6.42 Å². The molecule has 0 aromatic carbocycles. The molecule has 86 valence electrons. The molecule has 2 nitrogen and oxygen atoms in total. The van der Waals surface area contributed by atoms with Crippen LogP contribution in [0.5, 0.6) is 0 Å². The highest BCUT2D eigenvalue weighted by molar-refractivity contribution is 5.69. The molecule has 0 spiro atoms. The molecule has 0 heterocycles. The molecule has 0 aliphatic heterocycles. The van der Waals surface area contributed by atoms with Crippen molar-refractivity contribution in [2.45, 2.75) is 51.4 Å². The SMILES string of the molecule is C=CC1(CCC(=O)OC)CCCCCC1. The van der Waals surface area contributed by atoms with Crippen molar-refractivity contribution in [3.63, 3.8) is 0 Å². The Kier molecular flexibility index (Phi) is 4.86. The first-order chi connectivity index (χ1) is 7.22. The van der Waals surface area contributed by atoms with Gasteiger partial charge in [0.1, 0.15) is 0 Å². The summed E-state index contributed by atoms with van der Waals surface area (Å²) in [5, 5.41) is 0. The molecule has 0 radical (unpaired) electrons. The fourth-order valence-corrected chi connectivity index (χ4v) is 2.44. The summed E-state index contributed by atoms with van der Waals surface area (Å²) in [5.41, 5.74) is 0.199. The lowest BCUT2D eigenvalue weighted by molar-refractivity contribution is -0.141. The zero-order valence-electron chi connectivity index (χ0n) is 9.76. The molecule has 1 saturated carbocycles. The minimum atomic E-state index is -0.0968. The van der Waals surface area contributed by atoms with Crippen LogP contribution in [0, 0.1) is 5.41 Å². The van der Waals surface area contributed by atoms with E-state index in [1.165, 1.54) is 45.6 Å². The Hall–Kier alpha value is -0.790. The molecule has 0 bridgehead atoms. The van der Waals surface area contributed by atoms with Gasteiger partial charge in [-0.3, -0.25) is 4.79 Å². The number of esters is 1. The van der Waals surface area contributed by atoms with Crippen molar-refractivity contribution in [1.82, 2.24) is 0 Å². The zero-order chi connectivity index (χ0) is 11.1. The monoisotopic (exact) mass is 210 g/mol. The maximum atomic E-state index is 11.1. The molecule has 1 aliphatic rings. The summed E-state index contributed by atoms with van der Waals surface area (Å²) in [6, 6.07) is 0. The van der Waals surface area contributed by atoms with Crippen LogP contribution in [0.4, 0.5) is 0 Å². The average Bonchev–Trinajstić information content (AvgIpc) is 2.52. The summed E-state index contributed by atoms with van der Waals surface area (Å²) in [7, 11) is 1.45. The van der Waals surface area contributed by atoms with Crippen molar-refractivity contribution in [2.24, 2.45) is 5.41 Å². The van der Waals surface area contributed by atoms with E-state index in [2.05, 4.69) is 17.4 Å². The van der Waals surface area contributed by atoms with E-state index >= 15 is 0 Å². The van der Waals surface area contributed by atoms with Crippen LogP contribution in [0.3, 0.4) is 0 Å².